The number of ether oxygens (including phenoxy) is 3. The van der Waals surface area contributed by atoms with Gasteiger partial charge in [0, 0.05) is 37.4 Å². The maximum Gasteiger partial charge on any atom is 0.333 e. The molecule has 3 aliphatic heterocycles. The van der Waals surface area contributed by atoms with Crippen molar-refractivity contribution in [2.75, 3.05) is 52.3 Å². The van der Waals surface area contributed by atoms with Crippen LogP contribution in [0.3, 0.4) is 0 Å². The van der Waals surface area contributed by atoms with E-state index < -0.39 is 6.04 Å². The number of esters is 1. The van der Waals surface area contributed by atoms with Crippen LogP contribution in [0.4, 0.5) is 5.69 Å². The van der Waals surface area contributed by atoms with Gasteiger partial charge in [-0.2, -0.15) is 0 Å². The topological polar surface area (TPSA) is 65.1 Å². The molecule has 6 rings (SSSR count). The molecule has 3 fully saturated rings. The maximum atomic E-state index is 14.0. The van der Waals surface area contributed by atoms with Crippen LogP contribution in [0.1, 0.15) is 34.8 Å². The summed E-state index contributed by atoms with van der Waals surface area (Å²) in [5.74, 6) is 1.46. The number of Topliss-reactive ketones (excluding diaryl/α,β-unsaturated/α-hetero) is 1. The average Bonchev–Trinajstić information content (AvgIpc) is 2.98. The average molecular weight is 530 g/mol. The first kappa shape index (κ1) is 26.8. The molecular weight excluding hydrogens is 492 g/mol. The Morgan fingerprint density at radius 2 is 1.59 bits per heavy atom. The molecule has 0 radical (unpaired) electrons. The first-order valence-electron chi connectivity index (χ1n) is 13.6. The quantitative estimate of drug-likeness (QED) is 0.211. The lowest BCUT2D eigenvalue weighted by Gasteiger charge is -2.51. The predicted octanol–water partition coefficient (Wildman–Crippen LogP) is 4.92. The fraction of sp³-hybridized carbons (Fsp3) is 0.375. The van der Waals surface area contributed by atoms with Gasteiger partial charge in [-0.25, -0.2) is 4.79 Å². The summed E-state index contributed by atoms with van der Waals surface area (Å²) < 4.78 is 18.1. The van der Waals surface area contributed by atoms with Crippen LogP contribution in [-0.4, -0.2) is 69.8 Å². The van der Waals surface area contributed by atoms with Gasteiger partial charge in [-0.3, -0.25) is 4.79 Å². The molecule has 3 aromatic carbocycles. The number of nitrogens with zero attached hydrogens (tertiary/aromatic N) is 2. The SMILES string of the molecule is COc1ccc(OC)c(N(C)C(C(=O)OC2C[N+]3(CC(=O)c4ccccc4)CCC2CC3)c2ccccc2)c1. The smallest absolute Gasteiger partial charge is 0.333 e. The number of benzene rings is 3. The maximum absolute atomic E-state index is 14.0. The number of methoxy groups -OCH3 is 2. The zero-order valence-electron chi connectivity index (χ0n) is 22.9. The molecule has 0 aliphatic carbocycles. The van der Waals surface area contributed by atoms with Crippen LogP contribution in [-0.2, 0) is 9.53 Å². The van der Waals surface area contributed by atoms with E-state index in [1.165, 1.54) is 0 Å². The molecule has 204 valence electrons. The molecular formula is C32H37N2O5+. The fourth-order valence-corrected chi connectivity index (χ4v) is 6.18. The van der Waals surface area contributed by atoms with E-state index in [4.69, 9.17) is 14.2 Å². The lowest BCUT2D eigenvalue weighted by molar-refractivity contribution is -0.938. The minimum Gasteiger partial charge on any atom is -0.497 e. The van der Waals surface area contributed by atoms with E-state index in [-0.39, 0.29) is 17.9 Å². The third-order valence-corrected chi connectivity index (χ3v) is 8.38. The molecule has 0 spiro atoms. The van der Waals surface area contributed by atoms with E-state index >= 15 is 0 Å². The van der Waals surface area contributed by atoms with Crippen molar-refractivity contribution in [3.63, 3.8) is 0 Å². The molecule has 3 aliphatic rings. The van der Waals surface area contributed by atoms with Gasteiger partial charge < -0.3 is 23.6 Å². The molecule has 7 heteroatoms. The highest BCUT2D eigenvalue weighted by Gasteiger charge is 2.49. The molecule has 2 unspecified atom stereocenters. The van der Waals surface area contributed by atoms with Crippen molar-refractivity contribution in [1.29, 1.82) is 0 Å². The third-order valence-electron chi connectivity index (χ3n) is 8.38. The molecule has 2 bridgehead atoms. The van der Waals surface area contributed by atoms with E-state index in [0.717, 1.165) is 42.7 Å². The van der Waals surface area contributed by atoms with Gasteiger partial charge in [0.15, 0.2) is 12.1 Å². The second kappa shape index (κ2) is 11.5. The predicted molar refractivity (Wildman–Crippen MR) is 150 cm³/mol. The van der Waals surface area contributed by atoms with Gasteiger partial charge in [-0.1, -0.05) is 60.7 Å². The first-order valence-corrected chi connectivity index (χ1v) is 13.6. The Bertz CT molecular complexity index is 1290. The number of anilines is 1. The number of carbonyl (C=O) groups is 2. The van der Waals surface area contributed by atoms with E-state index in [0.29, 0.717) is 35.0 Å². The van der Waals surface area contributed by atoms with Crippen LogP contribution in [0.25, 0.3) is 0 Å². The number of carbonyl (C=O) groups excluding carboxylic acids is 2. The van der Waals surface area contributed by atoms with Crippen LogP contribution in [0.15, 0.2) is 78.9 Å². The van der Waals surface area contributed by atoms with Crippen LogP contribution in [0, 0.1) is 5.92 Å². The summed E-state index contributed by atoms with van der Waals surface area (Å²) in [5.41, 5.74) is 2.30. The zero-order valence-corrected chi connectivity index (χ0v) is 22.9. The van der Waals surface area contributed by atoms with Gasteiger partial charge in [0.2, 0.25) is 5.78 Å². The normalized spacial score (nSPS) is 22.5. The molecule has 0 saturated carbocycles. The van der Waals surface area contributed by atoms with Crippen molar-refractivity contribution in [3.05, 3.63) is 90.0 Å². The summed E-state index contributed by atoms with van der Waals surface area (Å²) in [6, 6.07) is 24.0. The molecule has 0 aromatic heterocycles. The molecule has 7 nitrogen and oxygen atoms in total. The van der Waals surface area contributed by atoms with Crippen molar-refractivity contribution in [2.45, 2.75) is 25.0 Å². The number of fused-ring (bicyclic) bond motifs is 3. The highest BCUT2D eigenvalue weighted by atomic mass is 16.5. The summed E-state index contributed by atoms with van der Waals surface area (Å²) in [4.78, 5) is 29.0. The molecule has 3 saturated heterocycles. The van der Waals surface area contributed by atoms with Gasteiger partial charge in [0.1, 0.15) is 24.6 Å². The molecule has 0 N–H and O–H groups in total. The van der Waals surface area contributed by atoms with Crippen molar-refractivity contribution in [1.82, 2.24) is 0 Å². The second-order valence-electron chi connectivity index (χ2n) is 10.7. The van der Waals surface area contributed by atoms with Crippen LogP contribution in [0.5, 0.6) is 11.5 Å². The summed E-state index contributed by atoms with van der Waals surface area (Å²) in [6.45, 7) is 3.00. The van der Waals surface area contributed by atoms with E-state index in [9.17, 15) is 9.59 Å². The van der Waals surface area contributed by atoms with Crippen molar-refractivity contribution >= 4 is 17.4 Å². The Labute approximate surface area is 230 Å². The minimum absolute atomic E-state index is 0.146. The number of rotatable bonds is 10. The Kier molecular flexibility index (Phi) is 7.89. The fourth-order valence-electron chi connectivity index (χ4n) is 6.18. The Balaban J connectivity index is 1.38. The van der Waals surface area contributed by atoms with Crippen LogP contribution in [0.2, 0.25) is 0 Å². The summed E-state index contributed by atoms with van der Waals surface area (Å²) in [7, 11) is 5.10. The number of ketones is 1. The lowest BCUT2D eigenvalue weighted by atomic mass is 9.82. The number of likely N-dealkylation sites (N-methyl/N-ethyl adjacent to an activating group) is 1. The van der Waals surface area contributed by atoms with Crippen molar-refractivity contribution in [2.24, 2.45) is 5.92 Å². The van der Waals surface area contributed by atoms with E-state index in [2.05, 4.69) is 0 Å². The summed E-state index contributed by atoms with van der Waals surface area (Å²) in [6.07, 6.45) is 1.68. The molecule has 3 heterocycles. The molecule has 2 atom stereocenters. The second-order valence-corrected chi connectivity index (χ2v) is 10.7. The van der Waals surface area contributed by atoms with Gasteiger partial charge in [-0.05, 0) is 17.7 Å². The Morgan fingerprint density at radius 3 is 2.23 bits per heavy atom. The standard InChI is InChI=1S/C32H37N2O5/c1-33(27-20-26(37-2)14-15-29(27)38-3)31(25-12-8-5-9-13-25)32(36)39-30-22-34(18-16-24(30)17-19-34)21-28(35)23-10-6-4-7-11-23/h4-15,20,24,30-31H,16-19,21-22H2,1-3H3/q+1. The third kappa shape index (κ3) is 5.64. The molecule has 39 heavy (non-hydrogen) atoms. The number of quaternary nitrogens is 1. The number of hydrogen-bond donors (Lipinski definition) is 0. The van der Waals surface area contributed by atoms with Crippen molar-refractivity contribution in [3.8, 4) is 11.5 Å². The number of hydrogen-bond acceptors (Lipinski definition) is 6. The van der Waals surface area contributed by atoms with Crippen LogP contribution < -0.4 is 14.4 Å². The Morgan fingerprint density at radius 1 is 0.923 bits per heavy atom. The van der Waals surface area contributed by atoms with Gasteiger partial charge >= 0.3 is 5.97 Å². The summed E-state index contributed by atoms with van der Waals surface area (Å²) in [5, 5.41) is 0. The van der Waals surface area contributed by atoms with E-state index in [1.807, 2.05) is 90.8 Å². The Hall–Kier alpha value is -3.84. The van der Waals surface area contributed by atoms with Crippen LogP contribution >= 0.6 is 0 Å². The largest absolute Gasteiger partial charge is 0.497 e. The molecule has 3 aromatic rings. The highest BCUT2D eigenvalue weighted by Crippen LogP contribution is 2.39. The molecule has 0 amide bonds. The van der Waals surface area contributed by atoms with E-state index in [1.54, 1.807) is 14.2 Å². The van der Waals surface area contributed by atoms with Gasteiger partial charge in [-0.15, -0.1) is 0 Å². The monoisotopic (exact) mass is 529 g/mol. The summed E-state index contributed by atoms with van der Waals surface area (Å²) >= 11 is 0. The van der Waals surface area contributed by atoms with Gasteiger partial charge in [0.25, 0.3) is 0 Å². The van der Waals surface area contributed by atoms with Crippen molar-refractivity contribution < 1.29 is 28.3 Å². The zero-order chi connectivity index (χ0) is 27.4. The lowest BCUT2D eigenvalue weighted by Crippen LogP contribution is -2.65. The first-order chi connectivity index (χ1) is 18.9. The highest BCUT2D eigenvalue weighted by molar-refractivity contribution is 5.97. The van der Waals surface area contributed by atoms with Gasteiger partial charge in [0.05, 0.1) is 33.0 Å². The minimum atomic E-state index is -0.679. The number of piperidine rings is 3.